The highest BCUT2D eigenvalue weighted by molar-refractivity contribution is 6.31. The first-order valence-corrected chi connectivity index (χ1v) is 13.3. The van der Waals surface area contributed by atoms with Crippen LogP contribution in [-0.2, 0) is 16.1 Å². The zero-order chi connectivity index (χ0) is 29.0. The number of nitrogens with one attached hydrogen (secondary N) is 2. The maximum atomic E-state index is 14.9. The van der Waals surface area contributed by atoms with Crippen molar-refractivity contribution in [2.24, 2.45) is 5.92 Å². The number of benzene rings is 2. The number of ether oxygens (including phenoxy) is 1. The Morgan fingerprint density at radius 2 is 1.90 bits per heavy atom. The lowest BCUT2D eigenvalue weighted by atomic mass is 10.1. The summed E-state index contributed by atoms with van der Waals surface area (Å²) >= 11 is 6.19. The number of alkyl halides is 3. The molecule has 0 aromatic heterocycles. The van der Waals surface area contributed by atoms with E-state index >= 15 is 0 Å². The molecule has 1 unspecified atom stereocenters. The van der Waals surface area contributed by atoms with Crippen molar-refractivity contribution in [2.75, 3.05) is 49.6 Å². The summed E-state index contributed by atoms with van der Waals surface area (Å²) in [5.41, 5.74) is 0.174. The van der Waals surface area contributed by atoms with E-state index in [4.69, 9.17) is 16.3 Å². The molecule has 2 saturated heterocycles. The molecule has 2 aliphatic rings. The first-order chi connectivity index (χ1) is 18.9. The molecule has 2 atom stereocenters. The number of rotatable bonds is 8. The van der Waals surface area contributed by atoms with Crippen molar-refractivity contribution in [3.63, 3.8) is 0 Å². The molecule has 2 N–H and O–H groups in total. The Morgan fingerprint density at radius 1 is 1.12 bits per heavy atom. The number of amides is 2. The van der Waals surface area contributed by atoms with Gasteiger partial charge in [0.15, 0.2) is 11.6 Å². The molecular weight excluding hydrogens is 559 g/mol. The first-order valence-electron chi connectivity index (χ1n) is 12.9. The van der Waals surface area contributed by atoms with Gasteiger partial charge in [0.05, 0.1) is 35.9 Å². The van der Waals surface area contributed by atoms with E-state index in [2.05, 4.69) is 10.6 Å². The van der Waals surface area contributed by atoms with Gasteiger partial charge in [-0.2, -0.15) is 13.2 Å². The highest BCUT2D eigenvalue weighted by Gasteiger charge is 2.32. The average Bonchev–Trinajstić information content (AvgIpc) is 3.44. The van der Waals surface area contributed by atoms with Gasteiger partial charge in [0, 0.05) is 56.0 Å². The second kappa shape index (κ2) is 12.7. The zero-order valence-electron chi connectivity index (χ0n) is 21.8. The zero-order valence-corrected chi connectivity index (χ0v) is 22.5. The predicted molar refractivity (Wildman–Crippen MR) is 140 cm³/mol. The number of anilines is 2. The molecule has 2 aliphatic heterocycles. The predicted octanol–water partition coefficient (Wildman–Crippen LogP) is 4.99. The molecule has 2 aromatic carbocycles. The molecule has 0 spiro atoms. The van der Waals surface area contributed by atoms with Gasteiger partial charge in [0.1, 0.15) is 0 Å². The quantitative estimate of drug-likeness (QED) is 0.425. The molecule has 0 saturated carbocycles. The van der Waals surface area contributed by atoms with Gasteiger partial charge in [-0.05, 0) is 37.6 Å². The number of hydrogen-bond donors (Lipinski definition) is 2. The maximum absolute atomic E-state index is 14.9. The second-order valence-electron chi connectivity index (χ2n) is 9.99. The Labute approximate surface area is 233 Å². The molecule has 4 rings (SSSR count). The van der Waals surface area contributed by atoms with Crippen LogP contribution in [0.2, 0.25) is 5.02 Å². The van der Waals surface area contributed by atoms with Crippen LogP contribution in [-0.4, -0.2) is 68.3 Å². The Morgan fingerprint density at radius 3 is 2.58 bits per heavy atom. The van der Waals surface area contributed by atoms with E-state index < -0.39 is 35.7 Å². The van der Waals surface area contributed by atoms with Gasteiger partial charge in [0.25, 0.3) is 5.91 Å². The van der Waals surface area contributed by atoms with Gasteiger partial charge >= 0.3 is 6.18 Å². The molecule has 0 aliphatic carbocycles. The summed E-state index contributed by atoms with van der Waals surface area (Å²) in [5.74, 6) is -4.13. The van der Waals surface area contributed by atoms with Gasteiger partial charge in [0.2, 0.25) is 5.91 Å². The lowest BCUT2D eigenvalue weighted by Gasteiger charge is -2.41. The monoisotopic (exact) mass is 588 g/mol. The summed E-state index contributed by atoms with van der Waals surface area (Å²) in [6.45, 7) is 3.32. The van der Waals surface area contributed by atoms with Crippen molar-refractivity contribution >= 4 is 34.8 Å². The number of nitrogens with zero attached hydrogens (tertiary/aromatic N) is 2. The number of piperazine rings is 1. The Hall–Kier alpha value is -2.96. The maximum Gasteiger partial charge on any atom is 0.390 e. The van der Waals surface area contributed by atoms with E-state index in [9.17, 15) is 31.5 Å². The Bertz CT molecular complexity index is 1240. The molecule has 7 nitrogen and oxygen atoms in total. The van der Waals surface area contributed by atoms with Crippen molar-refractivity contribution in [1.82, 2.24) is 10.2 Å². The molecule has 13 heteroatoms. The fourth-order valence-corrected chi connectivity index (χ4v) is 5.01. The van der Waals surface area contributed by atoms with Crippen molar-refractivity contribution in [3.8, 4) is 0 Å². The fourth-order valence-electron chi connectivity index (χ4n) is 4.85. The van der Waals surface area contributed by atoms with Crippen LogP contribution in [0.5, 0.6) is 0 Å². The minimum Gasteiger partial charge on any atom is -0.381 e. The second-order valence-corrected chi connectivity index (χ2v) is 10.4. The Kier molecular flexibility index (Phi) is 9.52. The standard InChI is InChI=1S/C27H30ClF5N4O3/c1-16-14-37(10-9-36(16)8-7-27(31,32)33)22-12-19(28)3-5-21(22)35-26(39)20-4-2-17(23(29)24(20)30)13-34-25(38)18-6-11-40-15-18/h2-5,12,16,18H,6-11,13-15H2,1H3,(H,34,38)(H,35,39)/t16-,18?/m1/s1. The molecule has 218 valence electrons. The fraction of sp³-hybridized carbons (Fsp3) is 0.481. The smallest absolute Gasteiger partial charge is 0.381 e. The number of carbonyl (C=O) groups is 2. The van der Waals surface area contributed by atoms with E-state index in [1.807, 2.05) is 11.8 Å². The van der Waals surface area contributed by atoms with Crippen LogP contribution in [0.15, 0.2) is 30.3 Å². The third kappa shape index (κ3) is 7.41. The van der Waals surface area contributed by atoms with E-state index in [1.165, 1.54) is 18.2 Å². The van der Waals surface area contributed by atoms with Crippen LogP contribution in [0, 0.1) is 17.6 Å². The van der Waals surface area contributed by atoms with Crippen molar-refractivity contribution in [2.45, 2.75) is 38.5 Å². The molecule has 2 fully saturated rings. The van der Waals surface area contributed by atoms with Gasteiger partial charge < -0.3 is 20.3 Å². The van der Waals surface area contributed by atoms with E-state index in [0.717, 1.165) is 6.07 Å². The third-order valence-corrected chi connectivity index (χ3v) is 7.39. The molecule has 40 heavy (non-hydrogen) atoms. The normalized spacial score (nSPS) is 20.0. The van der Waals surface area contributed by atoms with Gasteiger partial charge in [-0.15, -0.1) is 0 Å². The van der Waals surface area contributed by atoms with E-state index in [0.29, 0.717) is 49.1 Å². The Balaban J connectivity index is 1.44. The molecular formula is C27H30ClF5N4O3. The van der Waals surface area contributed by atoms with Crippen molar-refractivity contribution in [1.29, 1.82) is 0 Å². The van der Waals surface area contributed by atoms with Gasteiger partial charge in [-0.3, -0.25) is 14.5 Å². The van der Waals surface area contributed by atoms with Crippen LogP contribution in [0.25, 0.3) is 0 Å². The summed E-state index contributed by atoms with van der Waals surface area (Å²) < 4.78 is 72.9. The lowest BCUT2D eigenvalue weighted by Crippen LogP contribution is -2.52. The molecule has 2 amide bonds. The number of halogens is 6. The SMILES string of the molecule is C[C@@H]1CN(c2cc(Cl)ccc2NC(=O)c2ccc(CNC(=O)C3CCOC3)c(F)c2F)CCN1CCC(F)(F)F. The lowest BCUT2D eigenvalue weighted by molar-refractivity contribution is -0.139. The largest absolute Gasteiger partial charge is 0.390 e. The molecule has 2 aromatic rings. The topological polar surface area (TPSA) is 73.9 Å². The minimum atomic E-state index is -4.24. The van der Waals surface area contributed by atoms with Crippen LogP contribution in [0.4, 0.5) is 33.3 Å². The summed E-state index contributed by atoms with van der Waals surface area (Å²) in [4.78, 5) is 28.8. The molecule has 0 radical (unpaired) electrons. The molecule has 0 bridgehead atoms. The van der Waals surface area contributed by atoms with Crippen LogP contribution in [0.1, 0.15) is 35.7 Å². The van der Waals surface area contributed by atoms with Crippen LogP contribution < -0.4 is 15.5 Å². The highest BCUT2D eigenvalue weighted by atomic mass is 35.5. The number of hydrogen-bond acceptors (Lipinski definition) is 5. The molecule has 2 heterocycles. The van der Waals surface area contributed by atoms with Gasteiger partial charge in [-0.1, -0.05) is 17.7 Å². The minimum absolute atomic E-state index is 0.106. The summed E-state index contributed by atoms with van der Waals surface area (Å²) in [6.07, 6.45) is -4.59. The van der Waals surface area contributed by atoms with Crippen LogP contribution >= 0.6 is 11.6 Å². The third-order valence-electron chi connectivity index (χ3n) is 7.16. The summed E-state index contributed by atoms with van der Waals surface area (Å²) in [6, 6.07) is 6.84. The van der Waals surface area contributed by atoms with Gasteiger partial charge in [-0.25, -0.2) is 8.78 Å². The number of carbonyl (C=O) groups excluding carboxylic acids is 2. The average molecular weight is 589 g/mol. The van der Waals surface area contributed by atoms with Crippen molar-refractivity contribution in [3.05, 3.63) is 58.1 Å². The van der Waals surface area contributed by atoms with Crippen molar-refractivity contribution < 1.29 is 36.3 Å². The summed E-state index contributed by atoms with van der Waals surface area (Å²) in [5, 5.41) is 5.54. The van der Waals surface area contributed by atoms with Crippen LogP contribution in [0.3, 0.4) is 0 Å². The highest BCUT2D eigenvalue weighted by Crippen LogP contribution is 2.32. The summed E-state index contributed by atoms with van der Waals surface area (Å²) in [7, 11) is 0. The van der Waals surface area contributed by atoms with E-state index in [1.54, 1.807) is 11.0 Å². The van der Waals surface area contributed by atoms with E-state index in [-0.39, 0.29) is 43.1 Å². The first kappa shape index (κ1) is 30.0.